The number of fused-ring (bicyclic) bond motifs is 2. The van der Waals surface area contributed by atoms with Crippen LogP contribution in [0.5, 0.6) is 5.75 Å². The van der Waals surface area contributed by atoms with Crippen LogP contribution in [0.1, 0.15) is 12.8 Å². The summed E-state index contributed by atoms with van der Waals surface area (Å²) in [5.74, 6) is 0.807. The predicted octanol–water partition coefficient (Wildman–Crippen LogP) is 5.56. The molecule has 0 unspecified atom stereocenters. The van der Waals surface area contributed by atoms with Gasteiger partial charge in [0.05, 0.1) is 41.6 Å². The van der Waals surface area contributed by atoms with E-state index in [-0.39, 0.29) is 6.10 Å². The molecule has 178 valence electrons. The van der Waals surface area contributed by atoms with Crippen molar-refractivity contribution in [1.82, 2.24) is 30.5 Å². The van der Waals surface area contributed by atoms with Crippen molar-refractivity contribution in [3.8, 4) is 39.4 Å². The minimum atomic E-state index is 0.231. The number of nitrogens with zero attached hydrogens (tertiary/aromatic N) is 3. The summed E-state index contributed by atoms with van der Waals surface area (Å²) in [6, 6.07) is 12.4. The maximum Gasteiger partial charge on any atom is 0.138 e. The van der Waals surface area contributed by atoms with Gasteiger partial charge in [-0.25, -0.2) is 0 Å². The number of aromatic amines is 2. The van der Waals surface area contributed by atoms with E-state index in [1.54, 1.807) is 18.7 Å². The van der Waals surface area contributed by atoms with Gasteiger partial charge in [-0.15, -0.1) is 0 Å². The molecule has 0 bridgehead atoms. The van der Waals surface area contributed by atoms with Crippen LogP contribution in [0.25, 0.3) is 55.4 Å². The molecule has 0 amide bonds. The third-order valence-electron chi connectivity index (χ3n) is 6.83. The van der Waals surface area contributed by atoms with E-state index < -0.39 is 0 Å². The summed E-state index contributed by atoms with van der Waals surface area (Å²) in [5, 5.41) is 13.3. The molecule has 0 spiro atoms. The number of H-pyrrole nitrogens is 2. The van der Waals surface area contributed by atoms with Crippen LogP contribution in [0, 0.1) is 0 Å². The van der Waals surface area contributed by atoms with Crippen LogP contribution in [0.15, 0.2) is 78.1 Å². The average molecular weight is 477 g/mol. The number of benzene rings is 1. The molecule has 1 aliphatic heterocycles. The minimum absolute atomic E-state index is 0.231. The van der Waals surface area contributed by atoms with E-state index in [1.165, 1.54) is 0 Å². The molecule has 6 aromatic rings. The van der Waals surface area contributed by atoms with E-state index in [4.69, 9.17) is 9.15 Å². The molecule has 1 fully saturated rings. The van der Waals surface area contributed by atoms with Gasteiger partial charge in [0.2, 0.25) is 0 Å². The van der Waals surface area contributed by atoms with Crippen LogP contribution in [-0.2, 0) is 0 Å². The fraction of sp³-hybridized carbons (Fsp3) is 0.179. The van der Waals surface area contributed by atoms with E-state index in [9.17, 15) is 0 Å². The molecule has 1 aliphatic rings. The van der Waals surface area contributed by atoms with E-state index in [2.05, 4.69) is 60.8 Å². The number of hydrogen-bond acceptors (Lipinski definition) is 6. The molecular weight excluding hydrogens is 452 g/mol. The van der Waals surface area contributed by atoms with Gasteiger partial charge in [0.1, 0.15) is 17.5 Å². The molecule has 1 saturated heterocycles. The minimum Gasteiger partial charge on any atom is -0.489 e. The van der Waals surface area contributed by atoms with E-state index in [0.29, 0.717) is 0 Å². The first-order valence-corrected chi connectivity index (χ1v) is 12.1. The Hall–Kier alpha value is -4.43. The molecule has 1 aromatic carbocycles. The maximum atomic E-state index is 6.22. The van der Waals surface area contributed by atoms with Gasteiger partial charge in [-0.05, 0) is 61.8 Å². The van der Waals surface area contributed by atoms with Gasteiger partial charge < -0.3 is 19.5 Å². The van der Waals surface area contributed by atoms with Gasteiger partial charge in [0.15, 0.2) is 0 Å². The molecule has 3 N–H and O–H groups in total. The molecular formula is C28H24N6O2. The lowest BCUT2D eigenvalue weighted by molar-refractivity contribution is 0.162. The predicted molar refractivity (Wildman–Crippen MR) is 139 cm³/mol. The number of hydrogen-bond donors (Lipinski definition) is 3. The van der Waals surface area contributed by atoms with Crippen LogP contribution in [0.2, 0.25) is 0 Å². The van der Waals surface area contributed by atoms with E-state index >= 15 is 0 Å². The van der Waals surface area contributed by atoms with E-state index in [1.807, 2.05) is 24.7 Å². The summed E-state index contributed by atoms with van der Waals surface area (Å²) >= 11 is 0. The number of furan rings is 1. The van der Waals surface area contributed by atoms with Crippen LogP contribution in [-0.4, -0.2) is 44.3 Å². The Morgan fingerprint density at radius 1 is 0.833 bits per heavy atom. The summed E-state index contributed by atoms with van der Waals surface area (Å²) < 4.78 is 11.5. The van der Waals surface area contributed by atoms with Crippen molar-refractivity contribution < 1.29 is 9.15 Å². The standard InChI is InChI=1S/C28H24N6O2/c1-2-25-23(10-17(1)19-9-21(13-30-12-19)36-20-3-6-29-7-4-20)28(34-33-25)26-11-22-24(18-5-8-35-16-18)14-31-15-27(22)32-26/h1-2,5,8-16,20,29,32H,3-4,6-7H2,(H,33,34). The second-order valence-electron chi connectivity index (χ2n) is 9.15. The summed E-state index contributed by atoms with van der Waals surface area (Å²) in [6.07, 6.45) is 13.0. The van der Waals surface area contributed by atoms with Gasteiger partial charge in [0.25, 0.3) is 0 Å². The molecule has 0 radical (unpaired) electrons. The summed E-state index contributed by atoms with van der Waals surface area (Å²) in [6.45, 7) is 1.98. The molecule has 6 heterocycles. The zero-order valence-electron chi connectivity index (χ0n) is 19.5. The number of rotatable bonds is 5. The lowest BCUT2D eigenvalue weighted by Gasteiger charge is -2.23. The third-order valence-corrected chi connectivity index (χ3v) is 6.83. The van der Waals surface area contributed by atoms with Crippen LogP contribution in [0.4, 0.5) is 0 Å². The molecule has 8 nitrogen and oxygen atoms in total. The maximum absolute atomic E-state index is 6.22. The van der Waals surface area contributed by atoms with Crippen LogP contribution < -0.4 is 10.1 Å². The quantitative estimate of drug-likeness (QED) is 0.301. The van der Waals surface area contributed by atoms with Crippen molar-refractivity contribution in [3.63, 3.8) is 0 Å². The topological polar surface area (TPSA) is 105 Å². The first-order chi connectivity index (χ1) is 17.8. The highest BCUT2D eigenvalue weighted by atomic mass is 16.5. The third kappa shape index (κ3) is 3.72. The van der Waals surface area contributed by atoms with Crippen molar-refractivity contribution in [2.45, 2.75) is 18.9 Å². The zero-order chi connectivity index (χ0) is 23.9. The SMILES string of the molecule is c1cc(-c2cncc3[nH]c(-c4n[nH]c5ccc(-c6cncc(OC7CCNCC7)c6)cc45)cc23)co1. The molecule has 0 saturated carbocycles. The van der Waals surface area contributed by atoms with Gasteiger partial charge in [-0.1, -0.05) is 6.07 Å². The fourth-order valence-corrected chi connectivity index (χ4v) is 4.97. The second-order valence-corrected chi connectivity index (χ2v) is 9.15. The zero-order valence-corrected chi connectivity index (χ0v) is 19.5. The first-order valence-electron chi connectivity index (χ1n) is 12.1. The largest absolute Gasteiger partial charge is 0.489 e. The molecule has 7 rings (SSSR count). The number of nitrogens with one attached hydrogen (secondary N) is 3. The molecule has 8 heteroatoms. The Morgan fingerprint density at radius 3 is 2.64 bits per heavy atom. The highest BCUT2D eigenvalue weighted by Gasteiger charge is 2.17. The number of piperidine rings is 1. The Morgan fingerprint density at radius 2 is 1.75 bits per heavy atom. The van der Waals surface area contributed by atoms with Crippen molar-refractivity contribution in [3.05, 3.63) is 73.7 Å². The highest BCUT2D eigenvalue weighted by Crippen LogP contribution is 2.35. The van der Waals surface area contributed by atoms with Crippen molar-refractivity contribution >= 4 is 21.8 Å². The second kappa shape index (κ2) is 8.66. The summed E-state index contributed by atoms with van der Waals surface area (Å²) in [7, 11) is 0. The van der Waals surface area contributed by atoms with Crippen molar-refractivity contribution in [1.29, 1.82) is 0 Å². The van der Waals surface area contributed by atoms with Crippen LogP contribution in [0.3, 0.4) is 0 Å². The smallest absolute Gasteiger partial charge is 0.138 e. The van der Waals surface area contributed by atoms with Crippen molar-refractivity contribution in [2.75, 3.05) is 13.1 Å². The summed E-state index contributed by atoms with van der Waals surface area (Å²) in [4.78, 5) is 12.4. The molecule has 0 atom stereocenters. The van der Waals surface area contributed by atoms with E-state index in [0.717, 1.165) is 87.1 Å². The monoisotopic (exact) mass is 476 g/mol. The lowest BCUT2D eigenvalue weighted by Crippen LogP contribution is -2.34. The number of ether oxygens (including phenoxy) is 1. The number of pyridine rings is 2. The Kier molecular flexibility index (Phi) is 5.03. The summed E-state index contributed by atoms with van der Waals surface area (Å²) in [5.41, 5.74) is 7.78. The fourth-order valence-electron chi connectivity index (χ4n) is 4.97. The molecule has 5 aromatic heterocycles. The molecule has 36 heavy (non-hydrogen) atoms. The normalized spacial score (nSPS) is 14.6. The Labute approximate surface area is 206 Å². The van der Waals surface area contributed by atoms with Crippen molar-refractivity contribution in [2.24, 2.45) is 0 Å². The average Bonchev–Trinajstić information content (AvgIpc) is 3.68. The highest BCUT2D eigenvalue weighted by molar-refractivity contribution is 6.01. The van der Waals surface area contributed by atoms with Gasteiger partial charge >= 0.3 is 0 Å². The van der Waals surface area contributed by atoms with Crippen LogP contribution >= 0.6 is 0 Å². The first kappa shape index (κ1) is 20.9. The Balaban J connectivity index is 1.26. The molecule has 0 aliphatic carbocycles. The van der Waals surface area contributed by atoms with Gasteiger partial charge in [-0.2, -0.15) is 5.10 Å². The number of aromatic nitrogens is 5. The van der Waals surface area contributed by atoms with Gasteiger partial charge in [-0.3, -0.25) is 15.1 Å². The lowest BCUT2D eigenvalue weighted by atomic mass is 10.0. The van der Waals surface area contributed by atoms with Gasteiger partial charge in [0, 0.05) is 39.9 Å². The Bertz CT molecular complexity index is 1660.